The highest BCUT2D eigenvalue weighted by Gasteiger charge is 2.23. The Balaban J connectivity index is 2.60. The van der Waals surface area contributed by atoms with Gasteiger partial charge >= 0.3 is 5.97 Å². The van der Waals surface area contributed by atoms with Crippen LogP contribution < -0.4 is 5.32 Å². The van der Waals surface area contributed by atoms with E-state index in [0.29, 0.717) is 5.82 Å². The van der Waals surface area contributed by atoms with Crippen LogP contribution in [0.1, 0.15) is 19.7 Å². The van der Waals surface area contributed by atoms with Crippen LogP contribution in [0.2, 0.25) is 0 Å². The predicted molar refractivity (Wildman–Crippen MR) is 56.9 cm³/mol. The van der Waals surface area contributed by atoms with Crippen LogP contribution in [0, 0.1) is 5.92 Å². The molecule has 1 aromatic rings. The minimum absolute atomic E-state index is 0.0417. The van der Waals surface area contributed by atoms with Crippen LogP contribution in [0.5, 0.6) is 0 Å². The topological polar surface area (TPSA) is 110 Å². The number of tetrazole rings is 1. The molecule has 94 valence electrons. The second-order valence-corrected chi connectivity index (χ2v) is 4.02. The largest absolute Gasteiger partial charge is 0.480 e. The van der Waals surface area contributed by atoms with Gasteiger partial charge in [-0.1, -0.05) is 13.8 Å². The Morgan fingerprint density at radius 1 is 1.47 bits per heavy atom. The van der Waals surface area contributed by atoms with Crippen molar-refractivity contribution < 1.29 is 14.7 Å². The Kier molecular flexibility index (Phi) is 4.13. The summed E-state index contributed by atoms with van der Waals surface area (Å²) in [5.41, 5.74) is 0. The number of carboxylic acids is 1. The van der Waals surface area contributed by atoms with Gasteiger partial charge < -0.3 is 10.4 Å². The molecule has 1 unspecified atom stereocenters. The van der Waals surface area contributed by atoms with Gasteiger partial charge in [-0.25, -0.2) is 9.48 Å². The van der Waals surface area contributed by atoms with Crippen molar-refractivity contribution in [3.63, 3.8) is 0 Å². The summed E-state index contributed by atoms with van der Waals surface area (Å²) in [6.07, 6.45) is -0.0417. The smallest absolute Gasteiger partial charge is 0.326 e. The molecule has 17 heavy (non-hydrogen) atoms. The SMILES string of the molecule is CC(C)C(NC(=O)Cc1nnnn1C)C(=O)O. The van der Waals surface area contributed by atoms with Gasteiger partial charge in [-0.2, -0.15) is 0 Å². The lowest BCUT2D eigenvalue weighted by molar-refractivity contribution is -0.143. The van der Waals surface area contributed by atoms with Crippen molar-refractivity contribution >= 4 is 11.9 Å². The standard InChI is InChI=1S/C9H15N5O3/c1-5(2)8(9(16)17)10-7(15)4-6-11-12-13-14(6)3/h5,8H,4H2,1-3H3,(H,10,15)(H,16,17). The highest BCUT2D eigenvalue weighted by atomic mass is 16.4. The van der Waals surface area contributed by atoms with E-state index in [-0.39, 0.29) is 12.3 Å². The van der Waals surface area contributed by atoms with Gasteiger partial charge in [-0.05, 0) is 16.3 Å². The van der Waals surface area contributed by atoms with Crippen LogP contribution in [0.3, 0.4) is 0 Å². The summed E-state index contributed by atoms with van der Waals surface area (Å²) in [6.45, 7) is 3.45. The number of nitrogens with one attached hydrogen (secondary N) is 1. The van der Waals surface area contributed by atoms with Crippen LogP contribution in [0.4, 0.5) is 0 Å². The number of carbonyl (C=O) groups is 2. The Morgan fingerprint density at radius 2 is 2.12 bits per heavy atom. The van der Waals surface area contributed by atoms with Crippen molar-refractivity contribution in [1.29, 1.82) is 0 Å². The Labute approximate surface area is 98.0 Å². The molecule has 0 aliphatic heterocycles. The maximum Gasteiger partial charge on any atom is 0.326 e. The molecule has 0 spiro atoms. The minimum Gasteiger partial charge on any atom is -0.480 e. The van der Waals surface area contributed by atoms with Crippen molar-refractivity contribution in [3.05, 3.63) is 5.82 Å². The van der Waals surface area contributed by atoms with Gasteiger partial charge in [0.15, 0.2) is 5.82 Å². The first-order valence-corrected chi connectivity index (χ1v) is 5.15. The maximum atomic E-state index is 11.6. The van der Waals surface area contributed by atoms with Gasteiger partial charge in [-0.3, -0.25) is 4.79 Å². The molecule has 0 fully saturated rings. The van der Waals surface area contributed by atoms with E-state index < -0.39 is 17.9 Å². The molecule has 0 saturated heterocycles. The summed E-state index contributed by atoms with van der Waals surface area (Å²) in [6, 6.07) is -0.899. The summed E-state index contributed by atoms with van der Waals surface area (Å²) in [5.74, 6) is -1.27. The van der Waals surface area contributed by atoms with Crippen molar-refractivity contribution in [2.24, 2.45) is 13.0 Å². The first-order chi connectivity index (χ1) is 7.91. The maximum absolute atomic E-state index is 11.6. The average Bonchev–Trinajstić information content (AvgIpc) is 2.60. The van der Waals surface area contributed by atoms with E-state index in [1.165, 1.54) is 4.68 Å². The van der Waals surface area contributed by atoms with Crippen molar-refractivity contribution in [2.75, 3.05) is 0 Å². The average molecular weight is 241 g/mol. The molecule has 0 aliphatic rings. The number of aryl methyl sites for hydroxylation is 1. The number of aliphatic carboxylic acids is 1. The van der Waals surface area contributed by atoms with Crippen molar-refractivity contribution in [2.45, 2.75) is 26.3 Å². The third-order valence-electron chi connectivity index (χ3n) is 2.28. The lowest BCUT2D eigenvalue weighted by Crippen LogP contribution is -2.45. The fourth-order valence-corrected chi connectivity index (χ4v) is 1.28. The van der Waals surface area contributed by atoms with Crippen LogP contribution in [-0.2, 0) is 23.1 Å². The zero-order valence-corrected chi connectivity index (χ0v) is 9.91. The Bertz CT molecular complexity index is 415. The highest BCUT2D eigenvalue weighted by Crippen LogP contribution is 2.02. The normalized spacial score (nSPS) is 12.5. The zero-order chi connectivity index (χ0) is 13.0. The first kappa shape index (κ1) is 13.1. The van der Waals surface area contributed by atoms with Gasteiger partial charge in [0.1, 0.15) is 6.04 Å². The van der Waals surface area contributed by atoms with Crippen molar-refractivity contribution in [3.8, 4) is 0 Å². The number of nitrogens with zero attached hydrogens (tertiary/aromatic N) is 4. The van der Waals surface area contributed by atoms with E-state index >= 15 is 0 Å². The van der Waals surface area contributed by atoms with Gasteiger partial charge in [0.05, 0.1) is 6.42 Å². The third kappa shape index (κ3) is 3.51. The molecule has 2 N–H and O–H groups in total. The zero-order valence-electron chi connectivity index (χ0n) is 9.91. The molecule has 0 bridgehead atoms. The monoisotopic (exact) mass is 241 g/mol. The van der Waals surface area contributed by atoms with Gasteiger partial charge in [0.25, 0.3) is 0 Å². The van der Waals surface area contributed by atoms with Crippen LogP contribution >= 0.6 is 0 Å². The fourth-order valence-electron chi connectivity index (χ4n) is 1.28. The van der Waals surface area contributed by atoms with E-state index in [9.17, 15) is 9.59 Å². The van der Waals surface area contributed by atoms with E-state index in [2.05, 4.69) is 20.8 Å². The predicted octanol–water partition coefficient (Wildman–Crippen LogP) is -1.02. The number of carbonyl (C=O) groups excluding carboxylic acids is 1. The molecule has 0 radical (unpaired) electrons. The molecule has 0 aliphatic carbocycles. The minimum atomic E-state index is -1.05. The van der Waals surface area contributed by atoms with Crippen molar-refractivity contribution in [1.82, 2.24) is 25.5 Å². The number of hydrogen-bond acceptors (Lipinski definition) is 5. The number of amides is 1. The molecular weight excluding hydrogens is 226 g/mol. The van der Waals surface area contributed by atoms with Gasteiger partial charge in [-0.15, -0.1) is 5.10 Å². The molecule has 1 amide bonds. The molecule has 1 rings (SSSR count). The van der Waals surface area contributed by atoms with Crippen LogP contribution in [0.15, 0.2) is 0 Å². The van der Waals surface area contributed by atoms with Gasteiger partial charge in [0.2, 0.25) is 5.91 Å². The highest BCUT2D eigenvalue weighted by molar-refractivity contribution is 5.84. The fraction of sp³-hybridized carbons (Fsp3) is 0.667. The number of aromatic nitrogens is 4. The number of rotatable bonds is 5. The number of hydrogen-bond donors (Lipinski definition) is 2. The van der Waals surface area contributed by atoms with E-state index in [0.717, 1.165) is 0 Å². The molecule has 8 heteroatoms. The summed E-state index contributed by atoms with van der Waals surface area (Å²) < 4.78 is 1.37. The molecule has 1 atom stereocenters. The molecule has 0 saturated carbocycles. The number of carboxylic acid groups (broad SMARTS) is 1. The summed E-state index contributed by atoms with van der Waals surface area (Å²) in [5, 5.41) is 22.0. The van der Waals surface area contributed by atoms with Crippen LogP contribution in [-0.4, -0.2) is 43.2 Å². The Hall–Kier alpha value is -1.99. The van der Waals surface area contributed by atoms with Crippen LogP contribution in [0.25, 0.3) is 0 Å². The molecule has 0 aromatic carbocycles. The summed E-state index contributed by atoms with van der Waals surface area (Å²) in [7, 11) is 1.61. The summed E-state index contributed by atoms with van der Waals surface area (Å²) >= 11 is 0. The van der Waals surface area contributed by atoms with Gasteiger partial charge in [0, 0.05) is 7.05 Å². The second-order valence-electron chi connectivity index (χ2n) is 4.02. The van der Waals surface area contributed by atoms with E-state index in [1.54, 1.807) is 20.9 Å². The molecule has 1 heterocycles. The molecule has 1 aromatic heterocycles. The lowest BCUT2D eigenvalue weighted by Gasteiger charge is -2.17. The molecular formula is C9H15N5O3. The summed E-state index contributed by atoms with van der Waals surface area (Å²) in [4.78, 5) is 22.5. The lowest BCUT2D eigenvalue weighted by atomic mass is 10.0. The second kappa shape index (κ2) is 5.37. The Morgan fingerprint density at radius 3 is 2.53 bits per heavy atom. The van der Waals surface area contributed by atoms with E-state index in [4.69, 9.17) is 5.11 Å². The first-order valence-electron chi connectivity index (χ1n) is 5.15. The molecule has 8 nitrogen and oxygen atoms in total. The van der Waals surface area contributed by atoms with E-state index in [1.807, 2.05) is 0 Å². The quantitative estimate of drug-likeness (QED) is 0.682. The third-order valence-corrected chi connectivity index (χ3v) is 2.28.